The Kier molecular flexibility index (Phi) is 5.58. The van der Waals surface area contributed by atoms with Crippen LogP contribution in [0.4, 0.5) is 22.0 Å². The van der Waals surface area contributed by atoms with Crippen LogP contribution in [-0.4, -0.2) is 32.3 Å². The van der Waals surface area contributed by atoms with Crippen molar-refractivity contribution in [2.24, 2.45) is 0 Å². The van der Waals surface area contributed by atoms with Crippen molar-refractivity contribution in [3.05, 3.63) is 53.2 Å². The third kappa shape index (κ3) is 4.75. The first-order valence-electron chi connectivity index (χ1n) is 10.9. The standard InChI is InChI=1S/C23H20F5N3O4/c1-12(13-8-9-17-18(10-13)35-23(27,28)34-17)33-19-7-2-4-14(29-19)21-20-15(5-3-6-16(20)32)31(30-21)11-22(24,25)26/h2,4,7-10,12,16,32H,3,5-6,11H2,1H3/t12-,16+/m0/s1. The van der Waals surface area contributed by atoms with Gasteiger partial charge in [-0.3, -0.25) is 4.68 Å². The molecule has 186 valence electrons. The second-order valence-electron chi connectivity index (χ2n) is 8.38. The molecule has 7 nitrogen and oxygen atoms in total. The second kappa shape index (κ2) is 8.36. The number of nitrogens with zero attached hydrogens (tertiary/aromatic N) is 3. The van der Waals surface area contributed by atoms with Crippen LogP contribution in [0.25, 0.3) is 11.4 Å². The molecule has 0 fully saturated rings. The van der Waals surface area contributed by atoms with Gasteiger partial charge in [-0.2, -0.15) is 18.3 Å². The Bertz CT molecular complexity index is 1260. The number of pyridine rings is 1. The van der Waals surface area contributed by atoms with Gasteiger partial charge in [0.05, 0.1) is 11.8 Å². The Labute approximate surface area is 196 Å². The smallest absolute Gasteiger partial charge is 0.470 e. The average molecular weight is 497 g/mol. The molecule has 0 spiro atoms. The molecule has 5 rings (SSSR count). The van der Waals surface area contributed by atoms with Crippen LogP contribution in [0.15, 0.2) is 36.4 Å². The first-order valence-corrected chi connectivity index (χ1v) is 10.9. The molecule has 2 aliphatic rings. The summed E-state index contributed by atoms with van der Waals surface area (Å²) in [6.07, 6.45) is -8.47. The third-order valence-electron chi connectivity index (χ3n) is 5.81. The molecule has 12 heteroatoms. The lowest BCUT2D eigenvalue weighted by Gasteiger charge is -2.20. The number of benzene rings is 1. The summed E-state index contributed by atoms with van der Waals surface area (Å²) in [4.78, 5) is 4.39. The zero-order valence-corrected chi connectivity index (χ0v) is 18.4. The van der Waals surface area contributed by atoms with E-state index in [1.165, 1.54) is 12.1 Å². The Morgan fingerprint density at radius 1 is 1.20 bits per heavy atom. The quantitative estimate of drug-likeness (QED) is 0.480. The van der Waals surface area contributed by atoms with Gasteiger partial charge in [-0.15, -0.1) is 8.78 Å². The molecule has 0 saturated carbocycles. The van der Waals surface area contributed by atoms with E-state index < -0.39 is 31.2 Å². The van der Waals surface area contributed by atoms with E-state index in [2.05, 4.69) is 19.6 Å². The Balaban J connectivity index is 1.42. The predicted molar refractivity (Wildman–Crippen MR) is 111 cm³/mol. The maximum Gasteiger partial charge on any atom is 0.586 e. The van der Waals surface area contributed by atoms with Crippen molar-refractivity contribution >= 4 is 0 Å². The Hall–Kier alpha value is -3.41. The van der Waals surface area contributed by atoms with Crippen LogP contribution in [0.1, 0.15) is 48.8 Å². The van der Waals surface area contributed by atoms with Gasteiger partial charge in [-0.25, -0.2) is 4.98 Å². The maximum atomic E-state index is 13.3. The number of aliphatic hydroxyl groups excluding tert-OH is 1. The van der Waals surface area contributed by atoms with Gasteiger partial charge in [0, 0.05) is 17.3 Å². The third-order valence-corrected chi connectivity index (χ3v) is 5.81. The predicted octanol–water partition coefficient (Wildman–Crippen LogP) is 5.34. The van der Waals surface area contributed by atoms with E-state index in [0.29, 0.717) is 36.1 Å². The fourth-order valence-electron chi connectivity index (χ4n) is 4.30. The lowest BCUT2D eigenvalue weighted by atomic mass is 9.92. The fourth-order valence-corrected chi connectivity index (χ4v) is 4.30. The van der Waals surface area contributed by atoms with E-state index in [9.17, 15) is 27.1 Å². The summed E-state index contributed by atoms with van der Waals surface area (Å²) in [7, 11) is 0. The van der Waals surface area contributed by atoms with Gasteiger partial charge in [0.25, 0.3) is 0 Å². The van der Waals surface area contributed by atoms with Gasteiger partial charge in [-0.05, 0) is 49.9 Å². The zero-order valence-electron chi connectivity index (χ0n) is 18.4. The number of alkyl halides is 5. The summed E-state index contributed by atoms with van der Waals surface area (Å²) in [5.74, 6) is -0.0771. The number of ether oxygens (including phenoxy) is 3. The minimum atomic E-state index is -4.47. The number of aliphatic hydroxyl groups is 1. The lowest BCUT2D eigenvalue weighted by Crippen LogP contribution is -2.25. The Morgan fingerprint density at radius 2 is 1.97 bits per heavy atom. The molecular formula is C23H20F5N3O4. The number of aromatic nitrogens is 3. The van der Waals surface area contributed by atoms with Crippen LogP contribution in [0, 0.1) is 0 Å². The molecule has 1 aliphatic carbocycles. The van der Waals surface area contributed by atoms with Crippen molar-refractivity contribution in [2.75, 3.05) is 0 Å². The summed E-state index contributed by atoms with van der Waals surface area (Å²) in [6.45, 7) is 0.409. The van der Waals surface area contributed by atoms with Crippen LogP contribution in [0.2, 0.25) is 0 Å². The van der Waals surface area contributed by atoms with Crippen LogP contribution in [-0.2, 0) is 13.0 Å². The van der Waals surface area contributed by atoms with Crippen molar-refractivity contribution in [3.63, 3.8) is 0 Å². The minimum Gasteiger partial charge on any atom is -0.470 e. The number of halogens is 5. The lowest BCUT2D eigenvalue weighted by molar-refractivity contribution is -0.286. The summed E-state index contributed by atoms with van der Waals surface area (Å²) in [5, 5.41) is 14.7. The van der Waals surface area contributed by atoms with Crippen molar-refractivity contribution in [3.8, 4) is 28.8 Å². The molecule has 3 heterocycles. The first kappa shape index (κ1) is 23.3. The molecule has 1 aromatic carbocycles. The largest absolute Gasteiger partial charge is 0.586 e. The Morgan fingerprint density at radius 3 is 2.74 bits per heavy atom. The van der Waals surface area contributed by atoms with Gasteiger partial charge < -0.3 is 19.3 Å². The minimum absolute atomic E-state index is 0.0937. The highest BCUT2D eigenvalue weighted by atomic mass is 19.4. The van der Waals surface area contributed by atoms with Crippen molar-refractivity contribution in [2.45, 2.75) is 57.4 Å². The summed E-state index contributed by atoms with van der Waals surface area (Å²) >= 11 is 0. The van der Waals surface area contributed by atoms with Crippen molar-refractivity contribution < 1.29 is 41.3 Å². The van der Waals surface area contributed by atoms with E-state index in [-0.39, 0.29) is 28.8 Å². The van der Waals surface area contributed by atoms with Gasteiger partial charge in [0.1, 0.15) is 18.3 Å². The van der Waals surface area contributed by atoms with E-state index in [1.54, 1.807) is 31.2 Å². The highest BCUT2D eigenvalue weighted by Crippen LogP contribution is 2.42. The molecular weight excluding hydrogens is 477 g/mol. The topological polar surface area (TPSA) is 78.6 Å². The van der Waals surface area contributed by atoms with E-state index in [1.807, 2.05) is 0 Å². The van der Waals surface area contributed by atoms with E-state index >= 15 is 0 Å². The molecule has 0 amide bonds. The maximum absolute atomic E-state index is 13.3. The van der Waals surface area contributed by atoms with E-state index in [4.69, 9.17) is 4.74 Å². The van der Waals surface area contributed by atoms with Gasteiger partial charge in [0.15, 0.2) is 11.5 Å². The second-order valence-corrected chi connectivity index (χ2v) is 8.38. The monoisotopic (exact) mass is 497 g/mol. The number of fused-ring (bicyclic) bond motifs is 2. The van der Waals surface area contributed by atoms with Crippen LogP contribution in [0.5, 0.6) is 17.4 Å². The molecule has 0 unspecified atom stereocenters. The fraction of sp³-hybridized carbons (Fsp3) is 0.391. The molecule has 2 atom stereocenters. The zero-order chi connectivity index (χ0) is 25.0. The number of hydrogen-bond donors (Lipinski definition) is 1. The van der Waals surface area contributed by atoms with Gasteiger partial charge in [0.2, 0.25) is 5.88 Å². The SMILES string of the molecule is C[C@H](Oc1cccc(-c2nn(CC(F)(F)F)c3c2[C@H](O)CCC3)n1)c1ccc2c(c1)OC(F)(F)O2. The molecule has 1 aliphatic heterocycles. The molecule has 0 saturated heterocycles. The first-order chi connectivity index (χ1) is 16.5. The summed E-state index contributed by atoms with van der Waals surface area (Å²) < 4.78 is 81.5. The normalized spacial score (nSPS) is 19.3. The summed E-state index contributed by atoms with van der Waals surface area (Å²) in [6, 6.07) is 8.99. The molecule has 35 heavy (non-hydrogen) atoms. The van der Waals surface area contributed by atoms with Crippen molar-refractivity contribution in [1.29, 1.82) is 0 Å². The van der Waals surface area contributed by atoms with E-state index in [0.717, 1.165) is 4.68 Å². The van der Waals surface area contributed by atoms with Gasteiger partial charge >= 0.3 is 12.5 Å². The van der Waals surface area contributed by atoms with Gasteiger partial charge in [-0.1, -0.05) is 12.1 Å². The molecule has 0 radical (unpaired) electrons. The molecule has 0 bridgehead atoms. The highest BCUT2D eigenvalue weighted by molar-refractivity contribution is 5.62. The number of rotatable bonds is 5. The number of hydrogen-bond acceptors (Lipinski definition) is 6. The van der Waals surface area contributed by atoms with Crippen LogP contribution >= 0.6 is 0 Å². The van der Waals surface area contributed by atoms with Crippen LogP contribution < -0.4 is 14.2 Å². The molecule has 1 N–H and O–H groups in total. The van der Waals surface area contributed by atoms with Crippen LogP contribution in [0.3, 0.4) is 0 Å². The highest BCUT2D eigenvalue weighted by Gasteiger charge is 2.43. The average Bonchev–Trinajstić information content (AvgIpc) is 3.28. The summed E-state index contributed by atoms with van der Waals surface area (Å²) in [5.41, 5.74) is 1.61. The molecule has 3 aromatic rings. The van der Waals surface area contributed by atoms with Crippen molar-refractivity contribution in [1.82, 2.24) is 14.8 Å². The molecule has 2 aromatic heterocycles.